The molecule has 0 fully saturated rings. The van der Waals surface area contributed by atoms with Crippen LogP contribution in [0.15, 0.2) is 108 Å². The lowest BCUT2D eigenvalue weighted by Gasteiger charge is -2.24. The van der Waals surface area contributed by atoms with Gasteiger partial charge in [0.2, 0.25) is 5.91 Å². The zero-order valence-corrected chi connectivity index (χ0v) is 19.9. The lowest BCUT2D eigenvalue weighted by molar-refractivity contribution is -0.114. The summed E-state index contributed by atoms with van der Waals surface area (Å²) in [4.78, 5) is 13.3. The monoisotopic (exact) mass is 470 g/mol. The van der Waals surface area contributed by atoms with Crippen LogP contribution in [0.25, 0.3) is 11.1 Å². The molecule has 0 bridgehead atoms. The third-order valence-electron chi connectivity index (χ3n) is 5.50. The third kappa shape index (κ3) is 5.18. The summed E-state index contributed by atoms with van der Waals surface area (Å²) in [6, 6.07) is 30.9. The first-order valence-electron chi connectivity index (χ1n) is 10.9. The van der Waals surface area contributed by atoms with Crippen LogP contribution in [0.1, 0.15) is 11.1 Å². The Labute approximate surface area is 200 Å². The molecule has 0 unspecified atom stereocenters. The molecule has 5 nitrogen and oxygen atoms in total. The van der Waals surface area contributed by atoms with Gasteiger partial charge in [0.1, 0.15) is 6.54 Å². The summed E-state index contributed by atoms with van der Waals surface area (Å²) < 4.78 is 28.3. The van der Waals surface area contributed by atoms with Crippen LogP contribution in [0.5, 0.6) is 0 Å². The number of anilines is 2. The molecule has 4 rings (SSSR count). The Hall–Kier alpha value is -3.90. The van der Waals surface area contributed by atoms with Gasteiger partial charge in [0.15, 0.2) is 0 Å². The van der Waals surface area contributed by atoms with Crippen molar-refractivity contribution in [2.45, 2.75) is 18.7 Å². The average Bonchev–Trinajstić information content (AvgIpc) is 2.84. The summed E-state index contributed by atoms with van der Waals surface area (Å²) in [6.45, 7) is 3.46. The molecule has 0 saturated heterocycles. The number of carbonyl (C=O) groups is 1. The van der Waals surface area contributed by atoms with Gasteiger partial charge < -0.3 is 5.32 Å². The maximum atomic E-state index is 13.6. The molecule has 172 valence electrons. The van der Waals surface area contributed by atoms with Crippen molar-refractivity contribution in [2.75, 3.05) is 16.2 Å². The van der Waals surface area contributed by atoms with Gasteiger partial charge in [0.05, 0.1) is 10.6 Å². The van der Waals surface area contributed by atoms with E-state index >= 15 is 0 Å². The van der Waals surface area contributed by atoms with Gasteiger partial charge in [-0.3, -0.25) is 9.10 Å². The molecule has 0 saturated carbocycles. The first-order valence-corrected chi connectivity index (χ1v) is 12.4. The second-order valence-electron chi connectivity index (χ2n) is 8.12. The molecule has 0 heterocycles. The molecule has 34 heavy (non-hydrogen) atoms. The predicted octanol–water partition coefficient (Wildman–Crippen LogP) is 5.80. The number of hydrogen-bond acceptors (Lipinski definition) is 3. The molecule has 1 N–H and O–H groups in total. The zero-order valence-electron chi connectivity index (χ0n) is 19.1. The molecule has 4 aromatic rings. The molecule has 0 radical (unpaired) electrons. The fourth-order valence-corrected chi connectivity index (χ4v) is 5.07. The van der Waals surface area contributed by atoms with E-state index in [1.807, 2.05) is 80.6 Å². The number of para-hydroxylation sites is 1. The number of benzene rings is 4. The van der Waals surface area contributed by atoms with Crippen molar-refractivity contribution in [2.24, 2.45) is 0 Å². The highest BCUT2D eigenvalue weighted by molar-refractivity contribution is 7.92. The molecular weight excluding hydrogens is 444 g/mol. The predicted molar refractivity (Wildman–Crippen MR) is 137 cm³/mol. The number of nitrogens with zero attached hydrogens (tertiary/aromatic N) is 1. The Kier molecular flexibility index (Phi) is 6.80. The standard InChI is InChI=1S/C28H26N2O3S/c1-21-12-16-24(17-13-21)30(34(32,33)25-18-14-22(2)15-19-25)20-28(31)29-27-11-7-6-10-26(27)23-8-4-3-5-9-23/h3-19H,20H2,1-2H3,(H,29,31). The first kappa shape index (κ1) is 23.3. The topological polar surface area (TPSA) is 66.5 Å². The Balaban J connectivity index is 1.66. The van der Waals surface area contributed by atoms with Crippen molar-refractivity contribution < 1.29 is 13.2 Å². The largest absolute Gasteiger partial charge is 0.324 e. The molecule has 0 aromatic heterocycles. The molecule has 0 spiro atoms. The number of sulfonamides is 1. The van der Waals surface area contributed by atoms with Gasteiger partial charge in [-0.1, -0.05) is 83.9 Å². The van der Waals surface area contributed by atoms with Gasteiger partial charge in [-0.2, -0.15) is 0 Å². The molecule has 4 aromatic carbocycles. The van der Waals surface area contributed by atoms with E-state index in [1.165, 1.54) is 0 Å². The molecular formula is C28H26N2O3S. The Morgan fingerprint density at radius 3 is 1.94 bits per heavy atom. The van der Waals surface area contributed by atoms with Crippen molar-refractivity contribution >= 4 is 27.3 Å². The average molecular weight is 471 g/mol. The lowest BCUT2D eigenvalue weighted by atomic mass is 10.0. The zero-order chi connectivity index (χ0) is 24.1. The number of rotatable bonds is 7. The van der Waals surface area contributed by atoms with E-state index in [2.05, 4.69) is 5.32 Å². The van der Waals surface area contributed by atoms with Crippen LogP contribution in [0, 0.1) is 13.8 Å². The van der Waals surface area contributed by atoms with E-state index in [0.29, 0.717) is 11.4 Å². The van der Waals surface area contributed by atoms with Gasteiger partial charge in [-0.25, -0.2) is 8.42 Å². The SMILES string of the molecule is Cc1ccc(N(CC(=O)Nc2ccccc2-c2ccccc2)S(=O)(=O)c2ccc(C)cc2)cc1. The van der Waals surface area contributed by atoms with Crippen LogP contribution in [0.4, 0.5) is 11.4 Å². The van der Waals surface area contributed by atoms with Crippen LogP contribution in [-0.2, 0) is 14.8 Å². The lowest BCUT2D eigenvalue weighted by Crippen LogP contribution is -2.38. The summed E-state index contributed by atoms with van der Waals surface area (Å²) in [6.07, 6.45) is 0. The number of amides is 1. The number of carbonyl (C=O) groups excluding carboxylic acids is 1. The van der Waals surface area contributed by atoms with Crippen molar-refractivity contribution in [1.82, 2.24) is 0 Å². The molecule has 6 heteroatoms. The minimum atomic E-state index is -3.96. The quantitative estimate of drug-likeness (QED) is 0.371. The Morgan fingerprint density at radius 1 is 0.735 bits per heavy atom. The second-order valence-corrected chi connectivity index (χ2v) is 9.98. The fourth-order valence-electron chi connectivity index (χ4n) is 3.65. The van der Waals surface area contributed by atoms with Gasteiger partial charge in [-0.15, -0.1) is 0 Å². The summed E-state index contributed by atoms with van der Waals surface area (Å²) in [5.41, 5.74) is 4.82. The molecule has 0 aliphatic rings. The number of hydrogen-bond donors (Lipinski definition) is 1. The van der Waals surface area contributed by atoms with E-state index in [0.717, 1.165) is 26.6 Å². The van der Waals surface area contributed by atoms with Crippen molar-refractivity contribution in [1.29, 1.82) is 0 Å². The second kappa shape index (κ2) is 9.93. The Morgan fingerprint density at radius 2 is 1.29 bits per heavy atom. The van der Waals surface area contributed by atoms with Crippen LogP contribution >= 0.6 is 0 Å². The van der Waals surface area contributed by atoms with E-state index in [1.54, 1.807) is 36.4 Å². The molecule has 1 amide bonds. The van der Waals surface area contributed by atoms with Crippen LogP contribution in [-0.4, -0.2) is 20.9 Å². The van der Waals surface area contributed by atoms with E-state index in [9.17, 15) is 13.2 Å². The van der Waals surface area contributed by atoms with Crippen LogP contribution < -0.4 is 9.62 Å². The first-order chi connectivity index (χ1) is 16.3. The van der Waals surface area contributed by atoms with Crippen molar-refractivity contribution in [3.63, 3.8) is 0 Å². The van der Waals surface area contributed by atoms with Gasteiger partial charge in [-0.05, 0) is 49.7 Å². The Bertz CT molecular complexity index is 1380. The highest BCUT2D eigenvalue weighted by atomic mass is 32.2. The summed E-state index contributed by atoms with van der Waals surface area (Å²) in [5, 5.41) is 2.91. The van der Waals surface area contributed by atoms with Gasteiger partial charge >= 0.3 is 0 Å². The fraction of sp³-hybridized carbons (Fsp3) is 0.107. The van der Waals surface area contributed by atoms with Crippen LogP contribution in [0.2, 0.25) is 0 Å². The van der Waals surface area contributed by atoms with E-state index in [4.69, 9.17) is 0 Å². The molecule has 0 atom stereocenters. The molecule has 0 aliphatic carbocycles. The van der Waals surface area contributed by atoms with Gasteiger partial charge in [0.25, 0.3) is 10.0 Å². The van der Waals surface area contributed by atoms with Crippen LogP contribution in [0.3, 0.4) is 0 Å². The summed E-state index contributed by atoms with van der Waals surface area (Å²) in [7, 11) is -3.96. The van der Waals surface area contributed by atoms with E-state index in [-0.39, 0.29) is 11.4 Å². The summed E-state index contributed by atoms with van der Waals surface area (Å²) in [5.74, 6) is -0.431. The number of aryl methyl sites for hydroxylation is 2. The maximum absolute atomic E-state index is 13.6. The number of nitrogens with one attached hydrogen (secondary N) is 1. The third-order valence-corrected chi connectivity index (χ3v) is 7.29. The highest BCUT2D eigenvalue weighted by Crippen LogP contribution is 2.28. The van der Waals surface area contributed by atoms with Crippen molar-refractivity contribution in [3.8, 4) is 11.1 Å². The van der Waals surface area contributed by atoms with Gasteiger partial charge in [0, 0.05) is 11.3 Å². The minimum absolute atomic E-state index is 0.135. The molecule has 0 aliphatic heterocycles. The smallest absolute Gasteiger partial charge is 0.264 e. The maximum Gasteiger partial charge on any atom is 0.264 e. The minimum Gasteiger partial charge on any atom is -0.324 e. The summed E-state index contributed by atoms with van der Waals surface area (Å²) >= 11 is 0. The van der Waals surface area contributed by atoms with E-state index < -0.39 is 15.9 Å². The normalized spacial score (nSPS) is 11.1. The van der Waals surface area contributed by atoms with Crippen molar-refractivity contribution in [3.05, 3.63) is 114 Å². The highest BCUT2D eigenvalue weighted by Gasteiger charge is 2.27.